The SMILES string of the molecule is CC(C)n1cc(NS(=O)(=O)c2c(Br)cc(N)cc2Br)cn1. The summed E-state index contributed by atoms with van der Waals surface area (Å²) in [5, 5.41) is 4.10. The fourth-order valence-corrected chi connectivity index (χ4v) is 5.37. The summed E-state index contributed by atoms with van der Waals surface area (Å²) in [5.74, 6) is 0. The summed E-state index contributed by atoms with van der Waals surface area (Å²) in [6.07, 6.45) is 3.11. The van der Waals surface area contributed by atoms with Gasteiger partial charge in [0.15, 0.2) is 0 Å². The summed E-state index contributed by atoms with van der Waals surface area (Å²) in [6, 6.07) is 3.23. The van der Waals surface area contributed by atoms with Crippen LogP contribution in [-0.4, -0.2) is 18.2 Å². The number of hydrogen-bond donors (Lipinski definition) is 2. The van der Waals surface area contributed by atoms with E-state index in [-0.39, 0.29) is 10.9 Å². The second kappa shape index (κ2) is 5.98. The van der Waals surface area contributed by atoms with Crippen LogP contribution in [0.15, 0.2) is 38.4 Å². The van der Waals surface area contributed by atoms with Crippen LogP contribution in [0, 0.1) is 0 Å². The van der Waals surface area contributed by atoms with Crippen molar-refractivity contribution >= 4 is 53.3 Å². The largest absolute Gasteiger partial charge is 0.399 e. The van der Waals surface area contributed by atoms with Gasteiger partial charge in [-0.1, -0.05) is 0 Å². The highest BCUT2D eigenvalue weighted by atomic mass is 79.9. The third-order valence-electron chi connectivity index (χ3n) is 2.67. The quantitative estimate of drug-likeness (QED) is 0.717. The molecule has 9 heteroatoms. The van der Waals surface area contributed by atoms with E-state index in [1.54, 1.807) is 10.9 Å². The van der Waals surface area contributed by atoms with E-state index < -0.39 is 10.0 Å². The highest BCUT2D eigenvalue weighted by molar-refractivity contribution is 9.11. The number of halogens is 2. The molecule has 0 bridgehead atoms. The van der Waals surface area contributed by atoms with E-state index >= 15 is 0 Å². The Morgan fingerprint density at radius 3 is 2.33 bits per heavy atom. The molecule has 114 valence electrons. The van der Waals surface area contributed by atoms with Gasteiger partial charge in [-0.25, -0.2) is 8.42 Å². The summed E-state index contributed by atoms with van der Waals surface area (Å²) >= 11 is 6.45. The number of hydrogen-bond acceptors (Lipinski definition) is 4. The summed E-state index contributed by atoms with van der Waals surface area (Å²) in [7, 11) is -3.76. The zero-order valence-electron chi connectivity index (χ0n) is 11.3. The Bertz CT molecular complexity index is 748. The molecule has 3 N–H and O–H groups in total. The van der Waals surface area contributed by atoms with Gasteiger partial charge in [-0.05, 0) is 57.8 Å². The number of benzene rings is 1. The molecule has 0 aliphatic carbocycles. The molecule has 0 spiro atoms. The molecular formula is C12H14Br2N4O2S. The van der Waals surface area contributed by atoms with Crippen LogP contribution in [0.5, 0.6) is 0 Å². The summed E-state index contributed by atoms with van der Waals surface area (Å²) in [6.45, 7) is 3.91. The molecule has 1 heterocycles. The van der Waals surface area contributed by atoms with Gasteiger partial charge in [-0.3, -0.25) is 9.40 Å². The molecular weight excluding hydrogens is 424 g/mol. The predicted molar refractivity (Wildman–Crippen MR) is 89.7 cm³/mol. The Hall–Kier alpha value is -1.06. The van der Waals surface area contributed by atoms with Crippen LogP contribution in [-0.2, 0) is 10.0 Å². The Balaban J connectivity index is 2.38. The molecule has 0 amide bonds. The minimum atomic E-state index is -3.76. The predicted octanol–water partition coefficient (Wildman–Crippen LogP) is 3.37. The summed E-state index contributed by atoms with van der Waals surface area (Å²) < 4.78 is 29.9. The van der Waals surface area contributed by atoms with Gasteiger partial charge in [-0.15, -0.1) is 0 Å². The van der Waals surface area contributed by atoms with E-state index in [1.807, 2.05) is 13.8 Å². The van der Waals surface area contributed by atoms with E-state index in [1.165, 1.54) is 18.3 Å². The third kappa shape index (κ3) is 3.58. The molecule has 0 saturated carbocycles. The molecule has 0 unspecified atom stereocenters. The van der Waals surface area contributed by atoms with Crippen LogP contribution in [0.2, 0.25) is 0 Å². The molecule has 0 saturated heterocycles. The Morgan fingerprint density at radius 1 is 1.29 bits per heavy atom. The van der Waals surface area contributed by atoms with Gasteiger partial charge in [0.1, 0.15) is 4.90 Å². The van der Waals surface area contributed by atoms with Gasteiger partial charge in [0.05, 0.1) is 11.9 Å². The lowest BCUT2D eigenvalue weighted by molar-refractivity contribution is 0.532. The van der Waals surface area contributed by atoms with Crippen molar-refractivity contribution in [3.8, 4) is 0 Å². The van der Waals surface area contributed by atoms with E-state index in [4.69, 9.17) is 5.73 Å². The van der Waals surface area contributed by atoms with Gasteiger partial charge < -0.3 is 5.73 Å². The standard InChI is InChI=1S/C12H14Br2N4O2S/c1-7(2)18-6-9(5-16-18)17-21(19,20)12-10(13)3-8(15)4-11(12)14/h3-7,17H,15H2,1-2H3. The number of nitrogen functional groups attached to an aromatic ring is 1. The van der Waals surface area contributed by atoms with Crippen LogP contribution >= 0.6 is 31.9 Å². The fourth-order valence-electron chi connectivity index (χ4n) is 1.72. The first-order valence-corrected chi connectivity index (χ1v) is 9.09. The number of sulfonamides is 1. The number of anilines is 2. The second-order valence-electron chi connectivity index (χ2n) is 4.72. The summed E-state index contributed by atoms with van der Waals surface area (Å²) in [4.78, 5) is 0.0917. The lowest BCUT2D eigenvalue weighted by atomic mass is 10.3. The van der Waals surface area contributed by atoms with Crippen LogP contribution in [0.25, 0.3) is 0 Å². The molecule has 0 atom stereocenters. The molecule has 6 nitrogen and oxygen atoms in total. The molecule has 21 heavy (non-hydrogen) atoms. The molecule has 2 rings (SSSR count). The van der Waals surface area contributed by atoms with Crippen molar-refractivity contribution < 1.29 is 8.42 Å². The third-order valence-corrected chi connectivity index (χ3v) is 5.93. The van der Waals surface area contributed by atoms with Crippen molar-refractivity contribution in [2.75, 3.05) is 10.5 Å². The average Bonchev–Trinajstić information content (AvgIpc) is 2.74. The number of rotatable bonds is 4. The molecule has 0 radical (unpaired) electrons. The molecule has 1 aromatic heterocycles. The van der Waals surface area contributed by atoms with E-state index in [0.29, 0.717) is 20.3 Å². The van der Waals surface area contributed by atoms with Gasteiger partial charge in [0, 0.05) is 26.9 Å². The van der Waals surface area contributed by atoms with E-state index in [9.17, 15) is 8.42 Å². The van der Waals surface area contributed by atoms with Gasteiger partial charge in [0.2, 0.25) is 0 Å². The maximum absolute atomic E-state index is 12.5. The molecule has 1 aromatic carbocycles. The summed E-state index contributed by atoms with van der Waals surface area (Å²) in [5.41, 5.74) is 6.53. The normalized spacial score (nSPS) is 11.9. The topological polar surface area (TPSA) is 90.0 Å². The lowest BCUT2D eigenvalue weighted by Gasteiger charge is -2.11. The van der Waals surface area contributed by atoms with Crippen LogP contribution in [0.4, 0.5) is 11.4 Å². The highest BCUT2D eigenvalue weighted by Crippen LogP contribution is 2.33. The minimum absolute atomic E-state index is 0.0917. The fraction of sp³-hybridized carbons (Fsp3) is 0.250. The van der Waals surface area contributed by atoms with Gasteiger partial charge in [0.25, 0.3) is 10.0 Å². The first-order valence-electron chi connectivity index (χ1n) is 6.02. The lowest BCUT2D eigenvalue weighted by Crippen LogP contribution is -2.14. The zero-order chi connectivity index (χ0) is 15.8. The minimum Gasteiger partial charge on any atom is -0.399 e. The van der Waals surface area contributed by atoms with Crippen molar-refractivity contribution in [2.45, 2.75) is 24.8 Å². The van der Waals surface area contributed by atoms with E-state index in [0.717, 1.165) is 0 Å². The molecule has 0 fully saturated rings. The van der Waals surface area contributed by atoms with Crippen molar-refractivity contribution in [1.29, 1.82) is 0 Å². The van der Waals surface area contributed by atoms with Crippen molar-refractivity contribution in [2.24, 2.45) is 0 Å². The Labute approximate surface area is 140 Å². The van der Waals surface area contributed by atoms with Crippen molar-refractivity contribution in [1.82, 2.24) is 9.78 Å². The van der Waals surface area contributed by atoms with Gasteiger partial charge in [-0.2, -0.15) is 5.10 Å². The Kier molecular flexibility index (Phi) is 4.64. The number of aromatic nitrogens is 2. The first-order chi connectivity index (χ1) is 9.70. The molecule has 0 aliphatic heterocycles. The van der Waals surface area contributed by atoms with Crippen molar-refractivity contribution in [3.05, 3.63) is 33.5 Å². The van der Waals surface area contributed by atoms with Crippen molar-refractivity contribution in [3.63, 3.8) is 0 Å². The Morgan fingerprint density at radius 2 is 1.86 bits per heavy atom. The zero-order valence-corrected chi connectivity index (χ0v) is 15.3. The maximum Gasteiger partial charge on any atom is 0.264 e. The number of nitrogens with two attached hydrogens (primary N) is 1. The van der Waals surface area contributed by atoms with Crippen LogP contribution in [0.1, 0.15) is 19.9 Å². The van der Waals surface area contributed by atoms with E-state index in [2.05, 4.69) is 41.7 Å². The first kappa shape index (κ1) is 16.3. The van der Waals surface area contributed by atoms with Gasteiger partial charge >= 0.3 is 0 Å². The average molecular weight is 438 g/mol. The number of nitrogens with zero attached hydrogens (tertiary/aromatic N) is 2. The van der Waals surface area contributed by atoms with Crippen LogP contribution in [0.3, 0.4) is 0 Å². The molecule has 2 aromatic rings. The monoisotopic (exact) mass is 436 g/mol. The second-order valence-corrected chi connectivity index (χ2v) is 8.05. The smallest absolute Gasteiger partial charge is 0.264 e. The number of nitrogens with one attached hydrogen (secondary N) is 1. The van der Waals surface area contributed by atoms with Crippen LogP contribution < -0.4 is 10.5 Å². The highest BCUT2D eigenvalue weighted by Gasteiger charge is 2.22. The molecule has 0 aliphatic rings. The maximum atomic E-state index is 12.5.